The molecular weight excluding hydrogens is 212 g/mol. The van der Waals surface area contributed by atoms with Crippen LogP contribution in [0.4, 0.5) is 0 Å². The van der Waals surface area contributed by atoms with Gasteiger partial charge in [-0.05, 0) is 50.5 Å². The van der Waals surface area contributed by atoms with Crippen molar-refractivity contribution in [1.29, 1.82) is 0 Å². The monoisotopic (exact) mass is 230 g/mol. The molecule has 1 aromatic heterocycles. The van der Waals surface area contributed by atoms with Gasteiger partial charge in [-0.2, -0.15) is 0 Å². The van der Waals surface area contributed by atoms with Gasteiger partial charge >= 0.3 is 0 Å². The molecule has 1 N–H and O–H groups in total. The quantitative estimate of drug-likeness (QED) is 0.846. The van der Waals surface area contributed by atoms with Crippen molar-refractivity contribution in [3.63, 3.8) is 0 Å². The summed E-state index contributed by atoms with van der Waals surface area (Å²) in [5, 5.41) is 3.13. The van der Waals surface area contributed by atoms with Crippen LogP contribution < -0.4 is 5.56 Å². The molecule has 0 atom stereocenters. The van der Waals surface area contributed by atoms with Crippen molar-refractivity contribution in [2.75, 3.05) is 0 Å². The van der Waals surface area contributed by atoms with Gasteiger partial charge in [0, 0.05) is 11.3 Å². The summed E-state index contributed by atoms with van der Waals surface area (Å²) in [5.74, 6) is 0. The van der Waals surface area contributed by atoms with Crippen LogP contribution in [0.3, 0.4) is 0 Å². The van der Waals surface area contributed by atoms with Gasteiger partial charge in [-0.1, -0.05) is 13.0 Å². The number of rotatable bonds is 2. The van der Waals surface area contributed by atoms with E-state index < -0.39 is 0 Å². The molecule has 0 fully saturated rings. The van der Waals surface area contributed by atoms with Crippen molar-refractivity contribution in [1.82, 2.24) is 9.78 Å². The minimum absolute atomic E-state index is 0.0632. The number of hydrogen-bond acceptors (Lipinski definition) is 1. The van der Waals surface area contributed by atoms with Crippen molar-refractivity contribution in [2.45, 2.75) is 34.1 Å². The van der Waals surface area contributed by atoms with E-state index in [1.54, 1.807) is 4.68 Å². The summed E-state index contributed by atoms with van der Waals surface area (Å²) >= 11 is 0. The van der Waals surface area contributed by atoms with Crippen molar-refractivity contribution < 1.29 is 0 Å². The van der Waals surface area contributed by atoms with E-state index in [-0.39, 0.29) is 5.56 Å². The SMILES string of the molecule is CCc1c(C)[nH]n(-c2ccc(C)c(C)c2)c1=O. The van der Waals surface area contributed by atoms with E-state index in [0.29, 0.717) is 0 Å². The lowest BCUT2D eigenvalue weighted by Crippen LogP contribution is -2.17. The number of nitrogens with zero attached hydrogens (tertiary/aromatic N) is 1. The Balaban J connectivity index is 2.61. The topological polar surface area (TPSA) is 37.8 Å². The normalized spacial score (nSPS) is 10.8. The fourth-order valence-electron chi connectivity index (χ4n) is 2.04. The van der Waals surface area contributed by atoms with E-state index in [9.17, 15) is 4.79 Å². The third-order valence-corrected chi connectivity index (χ3v) is 3.30. The Morgan fingerprint density at radius 3 is 2.41 bits per heavy atom. The lowest BCUT2D eigenvalue weighted by molar-refractivity contribution is 0.833. The van der Waals surface area contributed by atoms with E-state index in [1.165, 1.54) is 11.1 Å². The van der Waals surface area contributed by atoms with Gasteiger partial charge in [0.25, 0.3) is 5.56 Å². The summed E-state index contributed by atoms with van der Waals surface area (Å²) in [5.41, 5.74) is 5.22. The zero-order valence-electron chi connectivity index (χ0n) is 10.8. The molecule has 2 rings (SSSR count). The van der Waals surface area contributed by atoms with Gasteiger partial charge in [0.2, 0.25) is 0 Å². The van der Waals surface area contributed by atoms with E-state index in [1.807, 2.05) is 32.0 Å². The Hall–Kier alpha value is -1.77. The van der Waals surface area contributed by atoms with Crippen molar-refractivity contribution in [3.8, 4) is 5.69 Å². The molecule has 0 saturated heterocycles. The molecule has 1 heterocycles. The molecule has 2 aromatic rings. The molecule has 0 amide bonds. The van der Waals surface area contributed by atoms with Gasteiger partial charge in [0.05, 0.1) is 5.69 Å². The molecule has 0 saturated carbocycles. The highest BCUT2D eigenvalue weighted by atomic mass is 16.1. The first-order valence-electron chi connectivity index (χ1n) is 5.92. The van der Waals surface area contributed by atoms with Crippen LogP contribution in [0.15, 0.2) is 23.0 Å². The standard InChI is InChI=1S/C14H18N2O/c1-5-13-11(4)15-16(14(13)17)12-7-6-9(2)10(3)8-12/h6-8,15H,5H2,1-4H3. The van der Waals surface area contributed by atoms with Gasteiger partial charge in [-0.25, -0.2) is 4.68 Å². The largest absolute Gasteiger partial charge is 0.295 e. The molecule has 0 aliphatic rings. The lowest BCUT2D eigenvalue weighted by atomic mass is 10.1. The van der Waals surface area contributed by atoms with Crippen molar-refractivity contribution >= 4 is 0 Å². The number of hydrogen-bond donors (Lipinski definition) is 1. The molecular formula is C14H18N2O. The Bertz CT molecular complexity index is 605. The highest BCUT2D eigenvalue weighted by Crippen LogP contribution is 2.13. The maximum absolute atomic E-state index is 12.1. The molecule has 0 radical (unpaired) electrons. The zero-order valence-corrected chi connectivity index (χ0v) is 10.8. The maximum atomic E-state index is 12.1. The third-order valence-electron chi connectivity index (χ3n) is 3.30. The van der Waals surface area contributed by atoms with Crippen molar-refractivity contribution in [2.24, 2.45) is 0 Å². The Morgan fingerprint density at radius 1 is 1.18 bits per heavy atom. The van der Waals surface area contributed by atoms with Crippen LogP contribution >= 0.6 is 0 Å². The molecule has 17 heavy (non-hydrogen) atoms. The Labute approximate surface area is 101 Å². The van der Waals surface area contributed by atoms with Crippen LogP contribution in [-0.4, -0.2) is 9.78 Å². The van der Waals surface area contributed by atoms with Crippen LogP contribution in [0.5, 0.6) is 0 Å². The maximum Gasteiger partial charge on any atom is 0.274 e. The molecule has 0 unspecified atom stereocenters. The summed E-state index contributed by atoms with van der Waals surface area (Å²) in [7, 11) is 0. The molecule has 90 valence electrons. The summed E-state index contributed by atoms with van der Waals surface area (Å²) < 4.78 is 1.63. The second kappa shape index (κ2) is 4.24. The van der Waals surface area contributed by atoms with Crippen LogP contribution in [0.1, 0.15) is 29.3 Å². The summed E-state index contributed by atoms with van der Waals surface area (Å²) in [4.78, 5) is 12.1. The minimum atomic E-state index is 0.0632. The molecule has 3 heteroatoms. The summed E-state index contributed by atoms with van der Waals surface area (Å²) in [6.07, 6.45) is 0.763. The number of H-pyrrole nitrogens is 1. The summed E-state index contributed by atoms with van der Waals surface area (Å²) in [6.45, 7) is 8.07. The van der Waals surface area contributed by atoms with E-state index in [0.717, 1.165) is 23.4 Å². The number of aromatic amines is 1. The summed E-state index contributed by atoms with van der Waals surface area (Å²) in [6, 6.07) is 6.05. The predicted octanol–water partition coefficient (Wildman–Crippen LogP) is 2.65. The average molecular weight is 230 g/mol. The van der Waals surface area contributed by atoms with Gasteiger partial charge < -0.3 is 0 Å². The second-order valence-electron chi connectivity index (χ2n) is 4.48. The average Bonchev–Trinajstić information content (AvgIpc) is 2.58. The van der Waals surface area contributed by atoms with Crippen LogP contribution in [-0.2, 0) is 6.42 Å². The van der Waals surface area contributed by atoms with Gasteiger partial charge in [0.1, 0.15) is 0 Å². The Morgan fingerprint density at radius 2 is 1.88 bits per heavy atom. The number of aryl methyl sites for hydroxylation is 3. The third kappa shape index (κ3) is 1.93. The molecule has 0 aliphatic carbocycles. The first-order chi connectivity index (χ1) is 8.04. The molecule has 0 aliphatic heterocycles. The molecule has 0 spiro atoms. The zero-order chi connectivity index (χ0) is 12.6. The molecule has 0 bridgehead atoms. The van der Waals surface area contributed by atoms with Gasteiger partial charge in [0.15, 0.2) is 0 Å². The lowest BCUT2D eigenvalue weighted by Gasteiger charge is -2.05. The predicted molar refractivity (Wildman–Crippen MR) is 70.0 cm³/mol. The van der Waals surface area contributed by atoms with Gasteiger partial charge in [-0.15, -0.1) is 0 Å². The first-order valence-corrected chi connectivity index (χ1v) is 5.92. The molecule has 1 aromatic carbocycles. The molecule has 3 nitrogen and oxygen atoms in total. The van der Waals surface area contributed by atoms with Gasteiger partial charge in [-0.3, -0.25) is 9.89 Å². The van der Waals surface area contributed by atoms with Crippen LogP contribution in [0, 0.1) is 20.8 Å². The fourth-order valence-corrected chi connectivity index (χ4v) is 2.04. The van der Waals surface area contributed by atoms with Crippen LogP contribution in [0.2, 0.25) is 0 Å². The number of nitrogens with one attached hydrogen (secondary N) is 1. The number of aromatic nitrogens is 2. The van der Waals surface area contributed by atoms with E-state index >= 15 is 0 Å². The minimum Gasteiger partial charge on any atom is -0.295 e. The second-order valence-corrected chi connectivity index (χ2v) is 4.48. The van der Waals surface area contributed by atoms with E-state index in [2.05, 4.69) is 18.9 Å². The number of benzene rings is 1. The smallest absolute Gasteiger partial charge is 0.274 e. The highest BCUT2D eigenvalue weighted by molar-refractivity contribution is 5.39. The van der Waals surface area contributed by atoms with Crippen molar-refractivity contribution in [3.05, 3.63) is 50.9 Å². The Kier molecular flexibility index (Phi) is 2.92. The van der Waals surface area contributed by atoms with Crippen LogP contribution in [0.25, 0.3) is 5.69 Å². The first kappa shape index (κ1) is 11.7. The van der Waals surface area contributed by atoms with E-state index in [4.69, 9.17) is 0 Å². The highest BCUT2D eigenvalue weighted by Gasteiger charge is 2.10. The fraction of sp³-hybridized carbons (Fsp3) is 0.357.